The Morgan fingerprint density at radius 3 is 2.71 bits per heavy atom. The van der Waals surface area contributed by atoms with E-state index in [-0.39, 0.29) is 0 Å². The number of alkyl halides is 1. The molecule has 2 rings (SSSR count). The molecule has 1 aliphatic heterocycles. The first-order chi connectivity index (χ1) is 6.86. The van der Waals surface area contributed by atoms with Crippen LogP contribution in [0.1, 0.15) is 32.1 Å². The van der Waals surface area contributed by atoms with E-state index in [0.29, 0.717) is 17.4 Å². The van der Waals surface area contributed by atoms with Crippen LogP contribution in [0.15, 0.2) is 0 Å². The van der Waals surface area contributed by atoms with E-state index in [2.05, 4.69) is 5.32 Å². The van der Waals surface area contributed by atoms with Crippen LogP contribution in [0.3, 0.4) is 0 Å². The Morgan fingerprint density at radius 2 is 2.07 bits per heavy atom. The molecule has 2 nitrogen and oxygen atoms in total. The molecule has 2 aliphatic rings. The predicted octanol–water partition coefficient (Wildman–Crippen LogP) is 2.16. The van der Waals surface area contributed by atoms with Crippen LogP contribution < -0.4 is 5.32 Å². The quantitative estimate of drug-likeness (QED) is 0.729. The molecule has 1 N–H and O–H groups in total. The van der Waals surface area contributed by atoms with Gasteiger partial charge in [0.2, 0.25) is 0 Å². The van der Waals surface area contributed by atoms with Crippen LogP contribution >= 0.6 is 11.6 Å². The number of halogens is 1. The van der Waals surface area contributed by atoms with Crippen LogP contribution in [0.2, 0.25) is 0 Å². The fourth-order valence-electron chi connectivity index (χ4n) is 2.46. The number of nitrogens with one attached hydrogen (secondary N) is 1. The Balaban J connectivity index is 1.57. The second kappa shape index (κ2) is 5.34. The molecule has 0 aromatic carbocycles. The lowest BCUT2D eigenvalue weighted by atomic mass is 10.1. The van der Waals surface area contributed by atoms with Gasteiger partial charge in [-0.3, -0.25) is 0 Å². The molecule has 0 amide bonds. The van der Waals surface area contributed by atoms with E-state index < -0.39 is 0 Å². The van der Waals surface area contributed by atoms with Crippen molar-refractivity contribution in [3.8, 4) is 0 Å². The topological polar surface area (TPSA) is 21.3 Å². The molecule has 2 fully saturated rings. The highest BCUT2D eigenvalue weighted by Gasteiger charge is 2.25. The van der Waals surface area contributed by atoms with Crippen LogP contribution in [0.5, 0.6) is 0 Å². The molecule has 82 valence electrons. The second-order valence-corrected chi connectivity index (χ2v) is 5.06. The van der Waals surface area contributed by atoms with Gasteiger partial charge in [-0.2, -0.15) is 0 Å². The number of hydrogen-bond donors (Lipinski definition) is 1. The highest BCUT2D eigenvalue weighted by molar-refractivity contribution is 6.20. The Kier molecular flexibility index (Phi) is 4.09. The van der Waals surface area contributed by atoms with Crippen molar-refractivity contribution in [3.63, 3.8) is 0 Å². The summed E-state index contributed by atoms with van der Waals surface area (Å²) in [5.74, 6) is 0.693. The fraction of sp³-hybridized carbons (Fsp3) is 1.00. The molecule has 1 aliphatic carbocycles. The fourth-order valence-corrected chi connectivity index (χ4v) is 2.83. The molecule has 14 heavy (non-hydrogen) atoms. The van der Waals surface area contributed by atoms with E-state index >= 15 is 0 Å². The van der Waals surface area contributed by atoms with E-state index in [4.69, 9.17) is 16.3 Å². The zero-order chi connectivity index (χ0) is 9.80. The van der Waals surface area contributed by atoms with E-state index in [0.717, 1.165) is 19.7 Å². The molecule has 0 radical (unpaired) electrons. The van der Waals surface area contributed by atoms with Crippen molar-refractivity contribution >= 4 is 11.6 Å². The Bertz CT molecular complexity index is 171. The summed E-state index contributed by atoms with van der Waals surface area (Å²) in [5, 5.41) is 3.90. The standard InChI is InChI=1S/C11H20ClNO/c12-11-5-1-3-9(11)7-13-8-10-4-2-6-14-10/h9-11,13H,1-8H2. The zero-order valence-electron chi connectivity index (χ0n) is 8.68. The molecular weight excluding hydrogens is 198 g/mol. The maximum Gasteiger partial charge on any atom is 0.0700 e. The summed E-state index contributed by atoms with van der Waals surface area (Å²) in [6.07, 6.45) is 6.72. The summed E-state index contributed by atoms with van der Waals surface area (Å²) in [7, 11) is 0. The maximum atomic E-state index is 6.20. The minimum atomic E-state index is 0.409. The molecule has 0 spiro atoms. The van der Waals surface area contributed by atoms with Gasteiger partial charge in [-0.05, 0) is 38.1 Å². The third kappa shape index (κ3) is 2.85. The van der Waals surface area contributed by atoms with Crippen LogP contribution in [0.25, 0.3) is 0 Å². The van der Waals surface area contributed by atoms with E-state index in [1.807, 2.05) is 0 Å². The van der Waals surface area contributed by atoms with Crippen molar-refractivity contribution in [3.05, 3.63) is 0 Å². The van der Waals surface area contributed by atoms with Gasteiger partial charge >= 0.3 is 0 Å². The molecule has 0 aromatic rings. The van der Waals surface area contributed by atoms with Gasteiger partial charge in [0.05, 0.1) is 6.10 Å². The highest BCUT2D eigenvalue weighted by Crippen LogP contribution is 2.29. The first kappa shape index (κ1) is 10.7. The third-order valence-electron chi connectivity index (χ3n) is 3.37. The number of rotatable bonds is 4. The summed E-state index contributed by atoms with van der Waals surface area (Å²) in [6, 6.07) is 0. The van der Waals surface area contributed by atoms with Crippen LogP contribution in [0, 0.1) is 5.92 Å². The second-order valence-electron chi connectivity index (χ2n) is 4.50. The van der Waals surface area contributed by atoms with Crippen molar-refractivity contribution < 1.29 is 4.74 Å². The van der Waals surface area contributed by atoms with Gasteiger partial charge in [-0.15, -0.1) is 11.6 Å². The molecule has 1 heterocycles. The van der Waals surface area contributed by atoms with Crippen LogP contribution in [-0.4, -0.2) is 31.2 Å². The van der Waals surface area contributed by atoms with Gasteiger partial charge in [0.15, 0.2) is 0 Å². The van der Waals surface area contributed by atoms with E-state index in [9.17, 15) is 0 Å². The molecule has 3 unspecified atom stereocenters. The number of ether oxygens (including phenoxy) is 1. The molecule has 1 saturated carbocycles. The van der Waals surface area contributed by atoms with Gasteiger partial charge in [0.25, 0.3) is 0 Å². The summed E-state index contributed by atoms with van der Waals surface area (Å²) < 4.78 is 5.55. The average molecular weight is 218 g/mol. The summed E-state index contributed by atoms with van der Waals surface area (Å²) in [6.45, 7) is 3.04. The van der Waals surface area contributed by atoms with Crippen LogP contribution in [0.4, 0.5) is 0 Å². The minimum absolute atomic E-state index is 0.409. The molecule has 0 bridgehead atoms. The van der Waals surface area contributed by atoms with Crippen molar-refractivity contribution in [1.82, 2.24) is 5.32 Å². The highest BCUT2D eigenvalue weighted by atomic mass is 35.5. The first-order valence-electron chi connectivity index (χ1n) is 5.82. The summed E-state index contributed by atoms with van der Waals surface area (Å²) in [4.78, 5) is 0. The SMILES string of the molecule is ClC1CCCC1CNCC1CCCO1. The van der Waals surface area contributed by atoms with Crippen molar-refractivity contribution in [2.24, 2.45) is 5.92 Å². The average Bonchev–Trinajstić information content (AvgIpc) is 2.78. The lowest BCUT2D eigenvalue weighted by Gasteiger charge is -2.16. The van der Waals surface area contributed by atoms with Gasteiger partial charge in [-0.1, -0.05) is 6.42 Å². The van der Waals surface area contributed by atoms with Gasteiger partial charge < -0.3 is 10.1 Å². The molecule has 3 atom stereocenters. The molecule has 0 aromatic heterocycles. The number of hydrogen-bond acceptors (Lipinski definition) is 2. The Morgan fingerprint density at radius 1 is 1.14 bits per heavy atom. The van der Waals surface area contributed by atoms with Crippen LogP contribution in [-0.2, 0) is 4.74 Å². The van der Waals surface area contributed by atoms with E-state index in [1.54, 1.807) is 0 Å². The first-order valence-corrected chi connectivity index (χ1v) is 6.26. The lowest BCUT2D eigenvalue weighted by molar-refractivity contribution is 0.109. The molecular formula is C11H20ClNO. The summed E-state index contributed by atoms with van der Waals surface area (Å²) in [5.41, 5.74) is 0. The van der Waals surface area contributed by atoms with Crippen molar-refractivity contribution in [2.75, 3.05) is 19.7 Å². The predicted molar refractivity (Wildman–Crippen MR) is 58.8 cm³/mol. The Hall–Kier alpha value is 0.210. The Labute approximate surface area is 91.3 Å². The minimum Gasteiger partial charge on any atom is -0.377 e. The smallest absolute Gasteiger partial charge is 0.0700 e. The monoisotopic (exact) mass is 217 g/mol. The summed E-state index contributed by atoms with van der Waals surface area (Å²) >= 11 is 6.20. The van der Waals surface area contributed by atoms with Crippen molar-refractivity contribution in [1.29, 1.82) is 0 Å². The van der Waals surface area contributed by atoms with Gasteiger partial charge in [0.1, 0.15) is 0 Å². The molecule has 3 heteroatoms. The molecule has 1 saturated heterocycles. The maximum absolute atomic E-state index is 6.20. The lowest BCUT2D eigenvalue weighted by Crippen LogP contribution is -2.32. The van der Waals surface area contributed by atoms with Crippen molar-refractivity contribution in [2.45, 2.75) is 43.6 Å². The normalized spacial score (nSPS) is 37.9. The van der Waals surface area contributed by atoms with Gasteiger partial charge in [0, 0.05) is 18.5 Å². The zero-order valence-corrected chi connectivity index (χ0v) is 9.43. The largest absolute Gasteiger partial charge is 0.377 e. The van der Waals surface area contributed by atoms with E-state index in [1.165, 1.54) is 32.1 Å². The third-order valence-corrected chi connectivity index (χ3v) is 3.94. The van der Waals surface area contributed by atoms with Gasteiger partial charge in [-0.25, -0.2) is 0 Å².